The number of hydrogen-bond donors (Lipinski definition) is 3. The third-order valence-corrected chi connectivity index (χ3v) is 13.6. The Morgan fingerprint density at radius 3 is 1.69 bits per heavy atom. The van der Waals surface area contributed by atoms with Gasteiger partial charge >= 0.3 is 0 Å². The number of rotatable bonds is 24. The molecule has 0 saturated carbocycles. The summed E-state index contributed by atoms with van der Waals surface area (Å²) >= 11 is 0. The monoisotopic (exact) mass is 1100 g/mol. The Labute approximate surface area is 473 Å². The van der Waals surface area contributed by atoms with E-state index in [1.807, 2.05) is 87.7 Å². The van der Waals surface area contributed by atoms with Gasteiger partial charge in [0.05, 0.1) is 24.5 Å². The average molecular weight is 1100 g/mol. The molecule has 0 atom stereocenters. The van der Waals surface area contributed by atoms with E-state index in [0.29, 0.717) is 106 Å². The van der Waals surface area contributed by atoms with Gasteiger partial charge in [-0.15, -0.1) is 0 Å². The summed E-state index contributed by atoms with van der Waals surface area (Å²) in [5, 5.41) is 4.40. The summed E-state index contributed by atoms with van der Waals surface area (Å²) in [6, 6.07) is 16.7. The number of amidine groups is 2. The Morgan fingerprint density at radius 2 is 1.20 bits per heavy atom. The van der Waals surface area contributed by atoms with Crippen LogP contribution in [0.1, 0.15) is 115 Å². The largest absolute Gasteiger partial charge is 0.401 e. The fourth-order valence-electron chi connectivity index (χ4n) is 9.56. The minimum Gasteiger partial charge on any atom is -0.401 e. The van der Waals surface area contributed by atoms with E-state index >= 15 is 8.78 Å². The van der Waals surface area contributed by atoms with E-state index in [2.05, 4.69) is 20.5 Å². The molecule has 0 saturated heterocycles. The van der Waals surface area contributed by atoms with Crippen LogP contribution in [-0.2, 0) is 23.2 Å². The molecule has 422 valence electrons. The standard InChI is InChI=1S/C63H72F2N12O4/c1-8-21-76(22-9-2)62(80)50-30-53-55(64)32-48(34-57(53)70-59(67)36-50)42-12-14-46(40-78)44(28-42)17-25-73(5)38-52(66)16-19-69-72-60-37-51(63(81)77(23-10-3)24-11-4)31-54-56(65)33-49(35-58(54)71-60)43-13-15-47(41-79)45(29-43)18-26-74(6)39-61-68-20-27-75(61)7/h12-20,25-35,40-41H,8-11,21-24,36-39,66H2,1-7H3,(H2,67,70)(H,71,72)/b25-17-,26-18-,52-16?,69-19?. The molecule has 2 aliphatic rings. The van der Waals surface area contributed by atoms with Crippen LogP contribution < -0.4 is 16.9 Å². The van der Waals surface area contributed by atoms with Crippen LogP contribution in [0, 0.1) is 11.6 Å². The third-order valence-electron chi connectivity index (χ3n) is 13.6. The summed E-state index contributed by atoms with van der Waals surface area (Å²) in [4.78, 5) is 73.1. The van der Waals surface area contributed by atoms with Crippen LogP contribution in [0.25, 0.3) is 46.6 Å². The zero-order valence-corrected chi connectivity index (χ0v) is 47.3. The van der Waals surface area contributed by atoms with Gasteiger partial charge in [0, 0.05) is 118 Å². The predicted molar refractivity (Wildman–Crippen MR) is 322 cm³/mol. The van der Waals surface area contributed by atoms with Crippen LogP contribution in [0.5, 0.6) is 0 Å². The van der Waals surface area contributed by atoms with E-state index in [-0.39, 0.29) is 53.9 Å². The molecule has 3 heterocycles. The Hall–Kier alpha value is -9.06. The van der Waals surface area contributed by atoms with Gasteiger partial charge < -0.3 is 35.6 Å². The number of likely N-dealkylation sites (N-methyl/N-ethyl adjacent to an activating group) is 1. The molecule has 81 heavy (non-hydrogen) atoms. The molecule has 7 rings (SSSR count). The lowest BCUT2D eigenvalue weighted by Gasteiger charge is -2.23. The smallest absolute Gasteiger partial charge is 0.250 e. The molecule has 0 unspecified atom stereocenters. The highest BCUT2D eigenvalue weighted by atomic mass is 19.1. The summed E-state index contributed by atoms with van der Waals surface area (Å²) in [7, 11) is 5.65. The average Bonchev–Trinajstić information content (AvgIpc) is 3.65. The van der Waals surface area contributed by atoms with E-state index in [9.17, 15) is 19.2 Å². The summed E-state index contributed by atoms with van der Waals surface area (Å²) in [6.45, 7) is 11.0. The maximum atomic E-state index is 16.5. The second-order valence-electron chi connectivity index (χ2n) is 20.2. The number of imidazole rings is 1. The molecule has 0 spiro atoms. The zero-order chi connectivity index (χ0) is 58.2. The number of aromatic nitrogens is 2. The van der Waals surface area contributed by atoms with E-state index in [1.54, 1.807) is 89.0 Å². The Kier molecular flexibility index (Phi) is 20.7. The molecular formula is C63H72F2N12O4. The number of halogens is 2. The number of allylic oxidation sites excluding steroid dienone is 1. The van der Waals surface area contributed by atoms with Gasteiger partial charge in [-0.3, -0.25) is 24.6 Å². The van der Waals surface area contributed by atoms with Crippen molar-refractivity contribution in [3.05, 3.63) is 159 Å². The SMILES string of the molecule is CCCN(CCC)C(=O)C1=Cc2c(F)cc(-c3ccc(C=O)c(/C=C\N(C)CC(N)=CC=NNC4=Nc5cc(-c6ccc(C=O)c(/C=C\N(C)Cc7nccn7C)c6)cc(F)c5C=C(C(=O)N(CCC)CCC)C4)c3)cc2N=C(N)C1. The minimum atomic E-state index is -0.570. The van der Waals surface area contributed by atoms with E-state index in [1.165, 1.54) is 18.3 Å². The van der Waals surface area contributed by atoms with Crippen LogP contribution in [-0.4, -0.2) is 118 Å². The van der Waals surface area contributed by atoms with Crippen molar-refractivity contribution in [3.8, 4) is 22.3 Å². The van der Waals surface area contributed by atoms with Crippen molar-refractivity contribution >= 4 is 78.0 Å². The number of fused-ring (bicyclic) bond motifs is 2. The molecule has 0 radical (unpaired) electrons. The number of aldehydes is 2. The lowest BCUT2D eigenvalue weighted by atomic mass is 9.97. The van der Waals surface area contributed by atoms with Crippen molar-refractivity contribution in [2.45, 2.75) is 72.8 Å². The van der Waals surface area contributed by atoms with Gasteiger partial charge in [-0.25, -0.2) is 23.7 Å². The topological polar surface area (TPSA) is 200 Å². The van der Waals surface area contributed by atoms with E-state index in [4.69, 9.17) is 16.5 Å². The van der Waals surface area contributed by atoms with Crippen molar-refractivity contribution in [2.24, 2.45) is 33.6 Å². The van der Waals surface area contributed by atoms with Crippen LogP contribution in [0.3, 0.4) is 0 Å². The molecule has 2 aliphatic heterocycles. The van der Waals surface area contributed by atoms with Crippen LogP contribution in [0.4, 0.5) is 20.2 Å². The molecule has 0 aliphatic carbocycles. The number of carbonyl (C=O) groups is 4. The van der Waals surface area contributed by atoms with Crippen LogP contribution in [0.2, 0.25) is 0 Å². The first-order valence-corrected chi connectivity index (χ1v) is 27.3. The zero-order valence-electron chi connectivity index (χ0n) is 47.3. The quantitative estimate of drug-likeness (QED) is 0.0303. The maximum absolute atomic E-state index is 16.5. The summed E-state index contributed by atoms with van der Waals surface area (Å²) < 4.78 is 34.4. The predicted octanol–water partition coefficient (Wildman–Crippen LogP) is 10.7. The van der Waals surface area contributed by atoms with E-state index in [0.717, 1.165) is 44.1 Å². The summed E-state index contributed by atoms with van der Waals surface area (Å²) in [5.41, 5.74) is 22.3. The minimum absolute atomic E-state index is 0.0384. The molecule has 5 aromatic rings. The van der Waals surface area contributed by atoms with Gasteiger partial charge in [0.25, 0.3) is 0 Å². The van der Waals surface area contributed by atoms with Crippen molar-refractivity contribution < 1.29 is 28.0 Å². The first-order chi connectivity index (χ1) is 39.1. The number of aryl methyl sites for hydroxylation is 1. The fourth-order valence-corrected chi connectivity index (χ4v) is 9.56. The molecule has 5 N–H and O–H groups in total. The van der Waals surface area contributed by atoms with Gasteiger partial charge in [-0.2, -0.15) is 5.10 Å². The van der Waals surface area contributed by atoms with Gasteiger partial charge in [-0.05, 0) is 138 Å². The lowest BCUT2D eigenvalue weighted by molar-refractivity contribution is -0.128. The molecule has 16 nitrogen and oxygen atoms in total. The number of carbonyl (C=O) groups excluding carboxylic acids is 4. The van der Waals surface area contributed by atoms with Crippen molar-refractivity contribution in [1.82, 2.24) is 34.6 Å². The first-order valence-electron chi connectivity index (χ1n) is 27.3. The number of hydrazone groups is 1. The van der Waals surface area contributed by atoms with Gasteiger partial charge in [0.1, 0.15) is 29.1 Å². The number of nitrogens with one attached hydrogen (secondary N) is 1. The first kappa shape index (κ1) is 59.6. The number of nitrogens with zero attached hydrogens (tertiary/aromatic N) is 9. The van der Waals surface area contributed by atoms with Crippen molar-refractivity contribution in [3.63, 3.8) is 0 Å². The highest BCUT2D eigenvalue weighted by Gasteiger charge is 2.26. The lowest BCUT2D eigenvalue weighted by Crippen LogP contribution is -2.34. The molecular weight excluding hydrogens is 1030 g/mol. The molecule has 4 aromatic carbocycles. The summed E-state index contributed by atoms with van der Waals surface area (Å²) in [6.07, 6.45) is 21.8. The number of amides is 2. The number of hydrogen-bond acceptors (Lipinski definition) is 13. The van der Waals surface area contributed by atoms with Gasteiger partial charge in [-0.1, -0.05) is 52.0 Å². The number of aliphatic imine (C=N–C) groups is 2. The highest BCUT2D eigenvalue weighted by Crippen LogP contribution is 2.37. The molecule has 0 fully saturated rings. The fraction of sp³-hybridized carbons (Fsp3) is 0.302. The number of benzene rings is 4. The second kappa shape index (κ2) is 28.2. The van der Waals surface area contributed by atoms with Gasteiger partial charge in [0.15, 0.2) is 12.6 Å². The van der Waals surface area contributed by atoms with Crippen LogP contribution in [0.15, 0.2) is 123 Å². The maximum Gasteiger partial charge on any atom is 0.250 e. The highest BCUT2D eigenvalue weighted by molar-refractivity contribution is 6.07. The normalized spacial score (nSPS) is 13.4. The molecule has 1 aromatic heterocycles. The molecule has 18 heteroatoms. The Balaban J connectivity index is 1.09. The van der Waals surface area contributed by atoms with Gasteiger partial charge in [0.2, 0.25) is 11.8 Å². The van der Waals surface area contributed by atoms with Crippen molar-refractivity contribution in [1.29, 1.82) is 0 Å². The van der Waals surface area contributed by atoms with E-state index < -0.39 is 11.6 Å². The molecule has 0 bridgehead atoms. The third kappa shape index (κ3) is 15.4. The van der Waals surface area contributed by atoms with Crippen LogP contribution >= 0.6 is 0 Å². The second-order valence-corrected chi connectivity index (χ2v) is 20.2. The molecule has 2 amide bonds. The Morgan fingerprint density at radius 1 is 0.691 bits per heavy atom. The number of nitrogens with two attached hydrogens (primary N) is 2. The van der Waals surface area contributed by atoms with Crippen molar-refractivity contribution in [2.75, 3.05) is 46.8 Å². The summed E-state index contributed by atoms with van der Waals surface area (Å²) in [5.74, 6) is -0.166. The Bertz CT molecular complexity index is 3390.